The number of halogens is 2. The first-order valence-electron chi connectivity index (χ1n) is 5.25. The van der Waals surface area contributed by atoms with Crippen molar-refractivity contribution in [1.29, 1.82) is 0 Å². The van der Waals surface area contributed by atoms with Gasteiger partial charge in [0.05, 0.1) is 14.0 Å². The first-order valence-corrected chi connectivity index (χ1v) is 8.05. The quantitative estimate of drug-likeness (QED) is 0.540. The molecule has 3 heterocycles. The predicted molar refractivity (Wildman–Crippen MR) is 82.9 cm³/mol. The molecule has 0 aliphatic carbocycles. The Morgan fingerprint density at radius 3 is 2.61 bits per heavy atom. The molecule has 0 aliphatic rings. The van der Waals surface area contributed by atoms with Crippen LogP contribution in [0.5, 0.6) is 0 Å². The fourth-order valence-corrected chi connectivity index (χ4v) is 4.46. The number of rotatable bonds is 1. The van der Waals surface area contributed by atoms with Gasteiger partial charge in [-0.2, -0.15) is 0 Å². The maximum Gasteiger partial charge on any atom is 0.172 e. The Bertz CT molecular complexity index is 748. The molecule has 0 spiro atoms. The highest BCUT2D eigenvalue weighted by atomic mass is 79.9. The maximum absolute atomic E-state index is 6.29. The van der Waals surface area contributed by atoms with Gasteiger partial charge in [-0.25, -0.2) is 9.97 Å². The van der Waals surface area contributed by atoms with Crippen molar-refractivity contribution in [3.05, 3.63) is 31.5 Å². The molecule has 92 valence electrons. The lowest BCUT2D eigenvalue weighted by Gasteiger charge is -1.99. The molecule has 0 amide bonds. The number of nitrogens with zero attached hydrogens (tertiary/aromatic N) is 2. The predicted octanol–water partition coefficient (Wildman–Crippen LogP) is 5.45. The van der Waals surface area contributed by atoms with Crippen LogP contribution in [-0.4, -0.2) is 9.97 Å². The SMILES string of the molecule is Cc1sc2nc(-c3ccc(Br)s3)nc(Cl)c2c1C. The standard InChI is InChI=1S/C12H8BrClN2S2/c1-5-6(2)17-12-9(5)10(14)15-11(16-12)7-3-4-8(13)18-7/h3-4H,1-2H3. The summed E-state index contributed by atoms with van der Waals surface area (Å²) in [6, 6.07) is 3.99. The van der Waals surface area contributed by atoms with Gasteiger partial charge in [0.2, 0.25) is 0 Å². The van der Waals surface area contributed by atoms with Crippen molar-refractivity contribution in [1.82, 2.24) is 9.97 Å². The van der Waals surface area contributed by atoms with E-state index in [1.807, 2.05) is 12.1 Å². The Morgan fingerprint density at radius 1 is 1.17 bits per heavy atom. The zero-order valence-corrected chi connectivity index (χ0v) is 13.6. The van der Waals surface area contributed by atoms with Crippen molar-refractivity contribution < 1.29 is 0 Å². The molecular weight excluding hydrogens is 352 g/mol. The van der Waals surface area contributed by atoms with Gasteiger partial charge in [-0.3, -0.25) is 0 Å². The minimum Gasteiger partial charge on any atom is -0.216 e. The van der Waals surface area contributed by atoms with Crippen molar-refractivity contribution in [2.24, 2.45) is 0 Å². The van der Waals surface area contributed by atoms with Crippen LogP contribution in [0.4, 0.5) is 0 Å². The van der Waals surface area contributed by atoms with Crippen LogP contribution < -0.4 is 0 Å². The van der Waals surface area contributed by atoms with Crippen LogP contribution in [0, 0.1) is 13.8 Å². The summed E-state index contributed by atoms with van der Waals surface area (Å²) < 4.78 is 1.07. The molecule has 0 N–H and O–H groups in total. The molecule has 0 atom stereocenters. The van der Waals surface area contributed by atoms with Crippen molar-refractivity contribution in [3.63, 3.8) is 0 Å². The number of hydrogen-bond donors (Lipinski definition) is 0. The lowest BCUT2D eigenvalue weighted by Crippen LogP contribution is -1.88. The van der Waals surface area contributed by atoms with Gasteiger partial charge in [-0.15, -0.1) is 22.7 Å². The monoisotopic (exact) mass is 358 g/mol. The molecule has 3 aromatic heterocycles. The van der Waals surface area contributed by atoms with E-state index in [1.54, 1.807) is 22.7 Å². The number of hydrogen-bond acceptors (Lipinski definition) is 4. The second-order valence-corrected chi connectivity index (χ2v) is 7.93. The van der Waals surface area contributed by atoms with E-state index in [0.29, 0.717) is 11.0 Å². The second kappa shape index (κ2) is 4.56. The van der Waals surface area contributed by atoms with E-state index in [9.17, 15) is 0 Å². The molecular formula is C12H8BrClN2S2. The minimum absolute atomic E-state index is 0.543. The molecule has 6 heteroatoms. The van der Waals surface area contributed by atoms with Gasteiger partial charge >= 0.3 is 0 Å². The topological polar surface area (TPSA) is 25.8 Å². The van der Waals surface area contributed by atoms with Crippen LogP contribution in [0.15, 0.2) is 15.9 Å². The highest BCUT2D eigenvalue weighted by Crippen LogP contribution is 2.36. The van der Waals surface area contributed by atoms with Crippen LogP contribution in [0.25, 0.3) is 20.9 Å². The van der Waals surface area contributed by atoms with Crippen LogP contribution in [0.1, 0.15) is 10.4 Å². The number of aromatic nitrogens is 2. The van der Waals surface area contributed by atoms with E-state index in [4.69, 9.17) is 11.6 Å². The van der Waals surface area contributed by atoms with Crippen LogP contribution >= 0.6 is 50.2 Å². The average Bonchev–Trinajstić information content (AvgIpc) is 2.85. The molecule has 0 saturated heterocycles. The largest absolute Gasteiger partial charge is 0.216 e. The highest BCUT2D eigenvalue weighted by Gasteiger charge is 2.14. The third kappa shape index (κ3) is 1.99. The average molecular weight is 360 g/mol. The first kappa shape index (κ1) is 12.5. The van der Waals surface area contributed by atoms with E-state index >= 15 is 0 Å². The highest BCUT2D eigenvalue weighted by molar-refractivity contribution is 9.11. The zero-order valence-electron chi connectivity index (χ0n) is 9.62. The number of thiophene rings is 2. The fourth-order valence-electron chi connectivity index (χ4n) is 1.75. The van der Waals surface area contributed by atoms with Gasteiger partial charge in [0.25, 0.3) is 0 Å². The van der Waals surface area contributed by atoms with Gasteiger partial charge in [-0.05, 0) is 47.5 Å². The molecule has 0 bridgehead atoms. The lowest BCUT2D eigenvalue weighted by molar-refractivity contribution is 1.25. The third-order valence-electron chi connectivity index (χ3n) is 2.78. The Balaban J connectivity index is 2.27. The summed E-state index contributed by atoms with van der Waals surface area (Å²) in [5, 5.41) is 1.53. The van der Waals surface area contributed by atoms with Crippen LogP contribution in [0.2, 0.25) is 5.15 Å². The first-order chi connectivity index (χ1) is 8.56. The summed E-state index contributed by atoms with van der Waals surface area (Å²) in [7, 11) is 0. The summed E-state index contributed by atoms with van der Waals surface area (Å²) >= 11 is 13.0. The molecule has 0 unspecified atom stereocenters. The summed E-state index contributed by atoms with van der Waals surface area (Å²) in [4.78, 5) is 12.2. The molecule has 0 radical (unpaired) electrons. The van der Waals surface area contributed by atoms with Crippen molar-refractivity contribution >= 4 is 60.4 Å². The molecule has 0 aliphatic heterocycles. The minimum atomic E-state index is 0.543. The Kier molecular flexibility index (Phi) is 3.18. The van der Waals surface area contributed by atoms with E-state index < -0.39 is 0 Å². The third-order valence-corrected chi connectivity index (χ3v) is 5.77. The Labute approximate surface area is 126 Å². The summed E-state index contributed by atoms with van der Waals surface area (Å²) in [5.41, 5.74) is 1.18. The normalized spacial score (nSPS) is 11.3. The molecule has 2 nitrogen and oxygen atoms in total. The van der Waals surface area contributed by atoms with Crippen LogP contribution in [-0.2, 0) is 0 Å². The molecule has 18 heavy (non-hydrogen) atoms. The summed E-state index contributed by atoms with van der Waals surface area (Å²) in [6.45, 7) is 4.14. The smallest absolute Gasteiger partial charge is 0.172 e. The molecule has 0 aromatic carbocycles. The van der Waals surface area contributed by atoms with E-state index in [-0.39, 0.29) is 0 Å². The Hall–Kier alpha value is -0.490. The summed E-state index contributed by atoms with van der Waals surface area (Å²) in [6.07, 6.45) is 0. The number of aryl methyl sites for hydroxylation is 2. The zero-order chi connectivity index (χ0) is 12.9. The summed E-state index contributed by atoms with van der Waals surface area (Å²) in [5.74, 6) is 0.699. The maximum atomic E-state index is 6.29. The van der Waals surface area contributed by atoms with Crippen LogP contribution in [0.3, 0.4) is 0 Å². The molecule has 0 saturated carbocycles. The molecule has 3 rings (SSSR count). The molecule has 0 fully saturated rings. The van der Waals surface area contributed by atoms with Gasteiger partial charge in [0.1, 0.15) is 9.98 Å². The van der Waals surface area contributed by atoms with Gasteiger partial charge in [0.15, 0.2) is 5.82 Å². The van der Waals surface area contributed by atoms with Crippen molar-refractivity contribution in [2.75, 3.05) is 0 Å². The van der Waals surface area contributed by atoms with Gasteiger partial charge in [0, 0.05) is 4.88 Å². The van der Waals surface area contributed by atoms with E-state index in [2.05, 4.69) is 39.7 Å². The second-order valence-electron chi connectivity index (χ2n) is 3.91. The number of fused-ring (bicyclic) bond motifs is 1. The Morgan fingerprint density at radius 2 is 1.94 bits per heavy atom. The van der Waals surface area contributed by atoms with Gasteiger partial charge < -0.3 is 0 Å². The van der Waals surface area contributed by atoms with E-state index in [1.165, 1.54) is 10.4 Å². The van der Waals surface area contributed by atoms with Crippen molar-refractivity contribution in [3.8, 4) is 10.7 Å². The fraction of sp³-hybridized carbons (Fsp3) is 0.167. The lowest BCUT2D eigenvalue weighted by atomic mass is 10.2. The van der Waals surface area contributed by atoms with E-state index in [0.717, 1.165) is 18.9 Å². The molecule has 3 aromatic rings. The van der Waals surface area contributed by atoms with Gasteiger partial charge in [-0.1, -0.05) is 11.6 Å². The van der Waals surface area contributed by atoms with Crippen molar-refractivity contribution in [2.45, 2.75) is 13.8 Å².